The number of hydrogen-bond donors (Lipinski definition) is 1. The SMILES string of the molecule is CCCCC(=O)C(C)CCC.CCCCC(=O)OC(=O)CCCC.CCCCC(O)C(C)CCC. The van der Waals surface area contributed by atoms with Crippen LogP contribution in [-0.2, 0) is 19.1 Å². The monoisotopic (exact) mass is 500 g/mol. The highest BCUT2D eigenvalue weighted by Gasteiger charge is 2.12. The third kappa shape index (κ3) is 28.9. The quantitative estimate of drug-likeness (QED) is 0.150. The molecule has 0 rings (SSSR count). The molecule has 35 heavy (non-hydrogen) atoms. The maximum absolute atomic E-state index is 11.3. The molecular weight excluding hydrogens is 440 g/mol. The van der Waals surface area contributed by atoms with Crippen molar-refractivity contribution in [1.29, 1.82) is 0 Å². The van der Waals surface area contributed by atoms with Crippen LogP contribution in [0.1, 0.15) is 158 Å². The minimum absolute atomic E-state index is 0.0603. The van der Waals surface area contributed by atoms with Gasteiger partial charge in [0.1, 0.15) is 5.78 Å². The lowest BCUT2D eigenvalue weighted by Gasteiger charge is -2.17. The van der Waals surface area contributed by atoms with Crippen molar-refractivity contribution >= 4 is 17.7 Å². The molecule has 0 aromatic heterocycles. The summed E-state index contributed by atoms with van der Waals surface area (Å²) in [6.07, 6.45) is 15.0. The van der Waals surface area contributed by atoms with Gasteiger partial charge in [-0.15, -0.1) is 0 Å². The molecule has 0 saturated heterocycles. The first-order chi connectivity index (χ1) is 16.6. The van der Waals surface area contributed by atoms with E-state index in [0.717, 1.165) is 77.0 Å². The number of ketones is 1. The molecule has 0 heterocycles. The minimum atomic E-state index is -0.386. The standard InChI is InChI=1S/C10H18O3.C10H22O.C10H20O/c1-3-5-7-9(11)13-10(12)8-6-4-2;2*1-4-6-8-10(11)9(3)7-5-2/h3-8H2,1-2H3;9-11H,4-8H2,1-3H3;9H,4-8H2,1-3H3. The molecular formula is C30H60O5. The van der Waals surface area contributed by atoms with E-state index < -0.39 is 0 Å². The third-order valence-corrected chi connectivity index (χ3v) is 6.00. The number of carbonyl (C=O) groups is 3. The summed E-state index contributed by atoms with van der Waals surface area (Å²) in [5, 5.41) is 9.58. The lowest BCUT2D eigenvalue weighted by molar-refractivity contribution is -0.159. The summed E-state index contributed by atoms with van der Waals surface area (Å²) >= 11 is 0. The Morgan fingerprint density at radius 3 is 1.43 bits per heavy atom. The molecule has 0 fully saturated rings. The summed E-state index contributed by atoms with van der Waals surface area (Å²) in [6, 6.07) is 0. The van der Waals surface area contributed by atoms with Crippen molar-refractivity contribution in [2.45, 2.75) is 164 Å². The fourth-order valence-corrected chi connectivity index (χ4v) is 3.41. The highest BCUT2D eigenvalue weighted by molar-refractivity contribution is 5.85. The second-order valence-electron chi connectivity index (χ2n) is 9.79. The number of rotatable bonds is 18. The molecule has 5 nitrogen and oxygen atoms in total. The van der Waals surface area contributed by atoms with Gasteiger partial charge in [0.15, 0.2) is 0 Å². The normalized spacial score (nSPS) is 12.8. The van der Waals surface area contributed by atoms with Crippen LogP contribution in [0.25, 0.3) is 0 Å². The van der Waals surface area contributed by atoms with E-state index in [1.807, 2.05) is 20.8 Å². The lowest BCUT2D eigenvalue weighted by atomic mass is 9.95. The molecule has 210 valence electrons. The number of aliphatic hydroxyl groups excluding tert-OH is 1. The number of hydrogen-bond acceptors (Lipinski definition) is 5. The maximum Gasteiger partial charge on any atom is 0.313 e. The van der Waals surface area contributed by atoms with Gasteiger partial charge in [-0.1, -0.05) is 100 Å². The van der Waals surface area contributed by atoms with Crippen molar-refractivity contribution in [2.24, 2.45) is 11.8 Å². The van der Waals surface area contributed by atoms with Gasteiger partial charge in [0.25, 0.3) is 0 Å². The van der Waals surface area contributed by atoms with Gasteiger partial charge < -0.3 is 9.84 Å². The Hall–Kier alpha value is -1.23. The molecule has 0 aromatic carbocycles. The molecule has 0 amide bonds. The summed E-state index contributed by atoms with van der Waals surface area (Å²) in [5.41, 5.74) is 0. The molecule has 0 aliphatic heterocycles. The van der Waals surface area contributed by atoms with Crippen molar-refractivity contribution < 1.29 is 24.2 Å². The zero-order chi connectivity index (χ0) is 27.5. The minimum Gasteiger partial charge on any atom is -0.393 e. The average molecular weight is 501 g/mol. The molecule has 1 N–H and O–H groups in total. The topological polar surface area (TPSA) is 80.7 Å². The molecule has 0 spiro atoms. The molecule has 0 aromatic rings. The Bertz CT molecular complexity index is 471. The van der Waals surface area contributed by atoms with Crippen molar-refractivity contribution in [1.82, 2.24) is 0 Å². The van der Waals surface area contributed by atoms with Gasteiger partial charge in [-0.2, -0.15) is 0 Å². The van der Waals surface area contributed by atoms with Crippen molar-refractivity contribution in [3.8, 4) is 0 Å². The second kappa shape index (κ2) is 29.0. The van der Waals surface area contributed by atoms with Crippen LogP contribution in [0.5, 0.6) is 0 Å². The number of Topliss-reactive ketones (excluding diaryl/α,β-unsaturated/α-hetero) is 1. The van der Waals surface area contributed by atoms with Gasteiger partial charge in [-0.05, 0) is 44.4 Å². The third-order valence-electron chi connectivity index (χ3n) is 6.00. The van der Waals surface area contributed by atoms with Crippen molar-refractivity contribution in [3.63, 3.8) is 0 Å². The smallest absolute Gasteiger partial charge is 0.313 e. The lowest BCUT2D eigenvalue weighted by Crippen LogP contribution is -2.16. The van der Waals surface area contributed by atoms with Crippen LogP contribution >= 0.6 is 0 Å². The first-order valence-electron chi connectivity index (χ1n) is 14.6. The Morgan fingerprint density at radius 1 is 0.600 bits per heavy atom. The Kier molecular flexibility index (Phi) is 31.7. The molecule has 3 unspecified atom stereocenters. The number of ether oxygens (including phenoxy) is 1. The van der Waals surface area contributed by atoms with E-state index in [1.54, 1.807) is 0 Å². The van der Waals surface area contributed by atoms with Gasteiger partial charge in [-0.25, -0.2) is 0 Å². The largest absolute Gasteiger partial charge is 0.393 e. The first-order valence-corrected chi connectivity index (χ1v) is 14.6. The van der Waals surface area contributed by atoms with Crippen LogP contribution in [0.2, 0.25) is 0 Å². The summed E-state index contributed by atoms with van der Waals surface area (Å²) in [4.78, 5) is 33.2. The molecule has 3 atom stereocenters. The summed E-state index contributed by atoms with van der Waals surface area (Å²) in [7, 11) is 0. The first kappa shape index (κ1) is 38.3. The van der Waals surface area contributed by atoms with Crippen molar-refractivity contribution in [2.75, 3.05) is 0 Å². The summed E-state index contributed by atoms with van der Waals surface area (Å²) in [5.74, 6) is 0.470. The number of unbranched alkanes of at least 4 members (excludes halogenated alkanes) is 4. The molecule has 0 radical (unpaired) electrons. The Morgan fingerprint density at radius 2 is 1.03 bits per heavy atom. The Balaban J connectivity index is -0.000000441. The predicted octanol–water partition coefficient (Wildman–Crippen LogP) is 8.59. The van der Waals surface area contributed by atoms with Crippen LogP contribution < -0.4 is 0 Å². The van der Waals surface area contributed by atoms with Crippen LogP contribution in [0, 0.1) is 11.8 Å². The second-order valence-corrected chi connectivity index (χ2v) is 9.79. The van der Waals surface area contributed by atoms with Gasteiger partial charge in [0.2, 0.25) is 0 Å². The van der Waals surface area contributed by atoms with Crippen LogP contribution in [0.15, 0.2) is 0 Å². The average Bonchev–Trinajstić information content (AvgIpc) is 2.84. The maximum atomic E-state index is 11.3. The van der Waals surface area contributed by atoms with E-state index in [0.29, 0.717) is 30.5 Å². The van der Waals surface area contributed by atoms with E-state index in [-0.39, 0.29) is 18.0 Å². The highest BCUT2D eigenvalue weighted by atomic mass is 16.6. The van der Waals surface area contributed by atoms with E-state index in [4.69, 9.17) is 0 Å². The van der Waals surface area contributed by atoms with Crippen molar-refractivity contribution in [3.05, 3.63) is 0 Å². The van der Waals surface area contributed by atoms with E-state index >= 15 is 0 Å². The molecule has 0 saturated carbocycles. The zero-order valence-electron chi connectivity index (χ0n) is 24.6. The van der Waals surface area contributed by atoms with Gasteiger partial charge in [0.05, 0.1) is 6.10 Å². The van der Waals surface area contributed by atoms with Crippen LogP contribution in [0.4, 0.5) is 0 Å². The molecule has 0 bridgehead atoms. The molecule has 5 heteroatoms. The van der Waals surface area contributed by atoms with Gasteiger partial charge >= 0.3 is 11.9 Å². The fraction of sp³-hybridized carbons (Fsp3) is 0.900. The van der Waals surface area contributed by atoms with Gasteiger partial charge in [0, 0.05) is 25.2 Å². The van der Waals surface area contributed by atoms with Gasteiger partial charge in [-0.3, -0.25) is 14.4 Å². The molecule has 0 aliphatic rings. The van der Waals surface area contributed by atoms with Crippen LogP contribution in [0.3, 0.4) is 0 Å². The Labute approximate surface area is 218 Å². The zero-order valence-corrected chi connectivity index (χ0v) is 24.6. The number of carbonyl (C=O) groups excluding carboxylic acids is 3. The molecule has 0 aliphatic carbocycles. The fourth-order valence-electron chi connectivity index (χ4n) is 3.41. The number of aliphatic hydroxyl groups is 1. The summed E-state index contributed by atoms with van der Waals surface area (Å²) < 4.78 is 4.58. The number of esters is 2. The van der Waals surface area contributed by atoms with E-state index in [9.17, 15) is 19.5 Å². The van der Waals surface area contributed by atoms with E-state index in [2.05, 4.69) is 39.4 Å². The van der Waals surface area contributed by atoms with E-state index in [1.165, 1.54) is 12.8 Å². The predicted molar refractivity (Wildman–Crippen MR) is 148 cm³/mol. The van der Waals surface area contributed by atoms with Crippen LogP contribution in [-0.4, -0.2) is 28.9 Å². The highest BCUT2D eigenvalue weighted by Crippen LogP contribution is 2.15. The summed E-state index contributed by atoms with van der Waals surface area (Å²) in [6.45, 7) is 16.8.